The van der Waals surface area contributed by atoms with E-state index in [-0.39, 0.29) is 10.6 Å². The zero-order valence-electron chi connectivity index (χ0n) is 11.6. The van der Waals surface area contributed by atoms with Crippen molar-refractivity contribution in [1.82, 2.24) is 0 Å². The van der Waals surface area contributed by atoms with E-state index < -0.39 is 17.7 Å². The van der Waals surface area contributed by atoms with Gasteiger partial charge in [-0.05, 0) is 44.2 Å². The van der Waals surface area contributed by atoms with Crippen molar-refractivity contribution in [3.05, 3.63) is 58.6 Å². The molecule has 21 heavy (non-hydrogen) atoms. The minimum atomic E-state index is -0.751. The predicted molar refractivity (Wildman–Crippen MR) is 76.9 cm³/mol. The van der Waals surface area contributed by atoms with Gasteiger partial charge in [0.1, 0.15) is 29.2 Å². The van der Waals surface area contributed by atoms with Crippen LogP contribution in [0.2, 0.25) is 5.02 Å². The molecule has 0 fully saturated rings. The van der Waals surface area contributed by atoms with Crippen molar-refractivity contribution in [2.75, 3.05) is 6.61 Å². The van der Waals surface area contributed by atoms with Crippen LogP contribution in [0.3, 0.4) is 0 Å². The topological polar surface area (TPSA) is 18.5 Å². The summed E-state index contributed by atoms with van der Waals surface area (Å²) >= 11 is 5.81. The van der Waals surface area contributed by atoms with Crippen LogP contribution in [-0.4, -0.2) is 6.61 Å². The van der Waals surface area contributed by atoms with Crippen LogP contribution in [-0.2, 0) is 0 Å². The van der Waals surface area contributed by atoms with Crippen LogP contribution >= 0.6 is 11.6 Å². The summed E-state index contributed by atoms with van der Waals surface area (Å²) in [6, 6.07) is 9.78. The van der Waals surface area contributed by atoms with E-state index in [1.165, 1.54) is 0 Å². The number of hydrogen-bond acceptors (Lipinski definition) is 2. The highest BCUT2D eigenvalue weighted by Crippen LogP contribution is 2.32. The Morgan fingerprint density at radius 1 is 1.19 bits per heavy atom. The van der Waals surface area contributed by atoms with E-state index in [0.717, 1.165) is 12.1 Å². The molecule has 1 unspecified atom stereocenters. The van der Waals surface area contributed by atoms with Gasteiger partial charge in [0.25, 0.3) is 0 Å². The SMILES string of the molecule is CCOc1c[c]cc(OC(C)c2c(F)ccc(F)c2Cl)c1. The van der Waals surface area contributed by atoms with Gasteiger partial charge in [-0.2, -0.15) is 0 Å². The molecule has 0 aliphatic rings. The maximum Gasteiger partial charge on any atom is 0.142 e. The maximum absolute atomic E-state index is 13.8. The van der Waals surface area contributed by atoms with Crippen LogP contribution in [0.15, 0.2) is 30.3 Å². The summed E-state index contributed by atoms with van der Waals surface area (Å²) in [5.41, 5.74) is -0.0153. The van der Waals surface area contributed by atoms with Gasteiger partial charge in [-0.3, -0.25) is 0 Å². The Morgan fingerprint density at radius 3 is 2.57 bits per heavy atom. The third kappa shape index (κ3) is 3.64. The normalized spacial score (nSPS) is 12.0. The average molecular weight is 312 g/mol. The lowest BCUT2D eigenvalue weighted by Gasteiger charge is -2.17. The molecule has 1 atom stereocenters. The second-order valence-electron chi connectivity index (χ2n) is 4.35. The Labute approximate surface area is 127 Å². The minimum absolute atomic E-state index is 0.0153. The van der Waals surface area contributed by atoms with Gasteiger partial charge in [0.05, 0.1) is 11.6 Å². The molecule has 0 bridgehead atoms. The molecule has 0 aliphatic heterocycles. The summed E-state index contributed by atoms with van der Waals surface area (Å²) < 4.78 is 38.2. The summed E-state index contributed by atoms with van der Waals surface area (Å²) in [5, 5.41) is -0.271. The van der Waals surface area contributed by atoms with Crippen LogP contribution in [0.5, 0.6) is 11.5 Å². The van der Waals surface area contributed by atoms with Gasteiger partial charge in [0, 0.05) is 11.6 Å². The molecule has 0 saturated heterocycles. The van der Waals surface area contributed by atoms with E-state index in [0.29, 0.717) is 18.1 Å². The number of ether oxygens (including phenoxy) is 2. The highest BCUT2D eigenvalue weighted by atomic mass is 35.5. The number of hydrogen-bond donors (Lipinski definition) is 0. The van der Waals surface area contributed by atoms with Gasteiger partial charge in [-0.25, -0.2) is 8.78 Å². The molecule has 0 saturated carbocycles. The number of rotatable bonds is 5. The van der Waals surface area contributed by atoms with Crippen molar-refractivity contribution in [2.24, 2.45) is 0 Å². The molecule has 111 valence electrons. The summed E-state index contributed by atoms with van der Waals surface area (Å²) in [6.45, 7) is 3.96. The number of benzene rings is 2. The van der Waals surface area contributed by atoms with Gasteiger partial charge in [0.15, 0.2) is 0 Å². The molecule has 5 heteroatoms. The lowest BCUT2D eigenvalue weighted by Crippen LogP contribution is -2.07. The van der Waals surface area contributed by atoms with Crippen molar-refractivity contribution in [1.29, 1.82) is 0 Å². The monoisotopic (exact) mass is 311 g/mol. The quantitative estimate of drug-likeness (QED) is 0.727. The van der Waals surface area contributed by atoms with E-state index in [2.05, 4.69) is 6.07 Å². The van der Waals surface area contributed by atoms with E-state index >= 15 is 0 Å². The van der Waals surface area contributed by atoms with Crippen molar-refractivity contribution in [3.8, 4) is 11.5 Å². The zero-order chi connectivity index (χ0) is 15.4. The van der Waals surface area contributed by atoms with Crippen LogP contribution in [0.1, 0.15) is 25.5 Å². The summed E-state index contributed by atoms with van der Waals surface area (Å²) in [7, 11) is 0. The number of halogens is 3. The highest BCUT2D eigenvalue weighted by Gasteiger charge is 2.19. The molecule has 0 amide bonds. The molecular weight excluding hydrogens is 298 g/mol. The average Bonchev–Trinajstić information content (AvgIpc) is 2.44. The zero-order valence-corrected chi connectivity index (χ0v) is 12.4. The summed E-state index contributed by atoms with van der Waals surface area (Å²) in [5.74, 6) is -0.266. The van der Waals surface area contributed by atoms with Gasteiger partial charge < -0.3 is 9.47 Å². The Bertz CT molecular complexity index is 632. The molecule has 2 aromatic carbocycles. The Morgan fingerprint density at radius 2 is 1.86 bits per heavy atom. The van der Waals surface area contributed by atoms with Crippen LogP contribution < -0.4 is 9.47 Å². The molecule has 0 aromatic heterocycles. The molecule has 0 spiro atoms. The second kappa shape index (κ2) is 6.76. The molecule has 2 aromatic rings. The van der Waals surface area contributed by atoms with E-state index in [4.69, 9.17) is 21.1 Å². The summed E-state index contributed by atoms with van der Waals surface area (Å²) in [4.78, 5) is 0. The Kier molecular flexibility index (Phi) is 5.02. The third-order valence-electron chi connectivity index (χ3n) is 2.85. The van der Waals surface area contributed by atoms with Crippen molar-refractivity contribution in [3.63, 3.8) is 0 Å². The first-order valence-corrected chi connectivity index (χ1v) is 6.84. The summed E-state index contributed by atoms with van der Waals surface area (Å²) in [6.07, 6.45) is -0.751. The van der Waals surface area contributed by atoms with Crippen LogP contribution in [0.25, 0.3) is 0 Å². The third-order valence-corrected chi connectivity index (χ3v) is 3.23. The Balaban J connectivity index is 2.24. The molecule has 2 rings (SSSR count). The predicted octanol–water partition coefficient (Wildman–Crippen LogP) is 4.96. The highest BCUT2D eigenvalue weighted by molar-refractivity contribution is 6.31. The lowest BCUT2D eigenvalue weighted by molar-refractivity contribution is 0.219. The molecule has 1 radical (unpaired) electrons. The van der Waals surface area contributed by atoms with Gasteiger partial charge in [-0.15, -0.1) is 0 Å². The molecule has 0 N–H and O–H groups in total. The lowest BCUT2D eigenvalue weighted by atomic mass is 10.1. The standard InChI is InChI=1S/C16H14ClF2O2/c1-3-20-11-5-4-6-12(9-11)21-10(2)15-13(18)7-8-14(19)16(15)17/h5-10H,3H2,1-2H3. The van der Waals surface area contributed by atoms with Gasteiger partial charge in [0.2, 0.25) is 0 Å². The van der Waals surface area contributed by atoms with Crippen LogP contribution in [0, 0.1) is 17.7 Å². The van der Waals surface area contributed by atoms with E-state index in [1.54, 1.807) is 25.1 Å². The molecular formula is C16H14ClF2O2. The fourth-order valence-electron chi connectivity index (χ4n) is 1.93. The molecule has 2 nitrogen and oxygen atoms in total. The molecule has 0 heterocycles. The second-order valence-corrected chi connectivity index (χ2v) is 4.73. The van der Waals surface area contributed by atoms with Crippen molar-refractivity contribution >= 4 is 11.6 Å². The van der Waals surface area contributed by atoms with Crippen LogP contribution in [0.4, 0.5) is 8.78 Å². The van der Waals surface area contributed by atoms with E-state index in [9.17, 15) is 8.78 Å². The van der Waals surface area contributed by atoms with Gasteiger partial charge >= 0.3 is 0 Å². The first-order valence-electron chi connectivity index (χ1n) is 6.47. The first-order chi connectivity index (χ1) is 10.0. The van der Waals surface area contributed by atoms with Crippen molar-refractivity contribution < 1.29 is 18.3 Å². The fourth-order valence-corrected chi connectivity index (χ4v) is 2.23. The minimum Gasteiger partial charge on any atom is -0.494 e. The molecule has 0 aliphatic carbocycles. The first kappa shape index (κ1) is 15.6. The van der Waals surface area contributed by atoms with E-state index in [1.807, 2.05) is 6.92 Å². The van der Waals surface area contributed by atoms with Crippen molar-refractivity contribution in [2.45, 2.75) is 20.0 Å². The smallest absolute Gasteiger partial charge is 0.142 e. The Hall–Kier alpha value is -1.81. The maximum atomic E-state index is 13.8. The van der Waals surface area contributed by atoms with Gasteiger partial charge in [-0.1, -0.05) is 11.6 Å². The largest absolute Gasteiger partial charge is 0.494 e. The fraction of sp³-hybridized carbons (Fsp3) is 0.250.